The SMILES string of the molecule is CCCNc1ccc(Cl)c(CN2CCC(C(C)C)C2)n1. The number of nitrogens with zero attached hydrogens (tertiary/aromatic N) is 2. The van der Waals surface area contributed by atoms with Crippen molar-refractivity contribution in [2.75, 3.05) is 25.0 Å². The van der Waals surface area contributed by atoms with Gasteiger partial charge >= 0.3 is 0 Å². The van der Waals surface area contributed by atoms with E-state index >= 15 is 0 Å². The van der Waals surface area contributed by atoms with E-state index < -0.39 is 0 Å². The van der Waals surface area contributed by atoms with Crippen LogP contribution in [0.1, 0.15) is 39.3 Å². The molecule has 0 saturated carbocycles. The third-order valence-electron chi connectivity index (χ3n) is 4.10. The van der Waals surface area contributed by atoms with Crippen molar-refractivity contribution in [3.05, 3.63) is 22.8 Å². The molecule has 3 nitrogen and oxygen atoms in total. The lowest BCUT2D eigenvalue weighted by molar-refractivity contribution is 0.294. The number of pyridine rings is 1. The van der Waals surface area contributed by atoms with E-state index in [9.17, 15) is 0 Å². The maximum Gasteiger partial charge on any atom is 0.126 e. The number of likely N-dealkylation sites (tertiary alicyclic amines) is 1. The van der Waals surface area contributed by atoms with Crippen LogP contribution in [0.25, 0.3) is 0 Å². The Hall–Kier alpha value is -0.800. The molecule has 1 atom stereocenters. The first kappa shape index (κ1) is 15.6. The quantitative estimate of drug-likeness (QED) is 0.858. The molecule has 2 rings (SSSR count). The second kappa shape index (κ2) is 7.28. The van der Waals surface area contributed by atoms with Crippen molar-refractivity contribution in [2.45, 2.75) is 40.2 Å². The number of rotatable bonds is 6. The smallest absolute Gasteiger partial charge is 0.126 e. The number of halogens is 1. The van der Waals surface area contributed by atoms with Gasteiger partial charge in [0.05, 0.1) is 10.7 Å². The van der Waals surface area contributed by atoms with Gasteiger partial charge in [0.1, 0.15) is 5.82 Å². The fraction of sp³-hybridized carbons (Fsp3) is 0.688. The molecule has 1 saturated heterocycles. The third-order valence-corrected chi connectivity index (χ3v) is 4.44. The zero-order chi connectivity index (χ0) is 14.5. The van der Waals surface area contributed by atoms with Gasteiger partial charge in [-0.1, -0.05) is 32.4 Å². The number of aromatic nitrogens is 1. The summed E-state index contributed by atoms with van der Waals surface area (Å²) < 4.78 is 0. The van der Waals surface area contributed by atoms with Crippen molar-refractivity contribution < 1.29 is 0 Å². The lowest BCUT2D eigenvalue weighted by Gasteiger charge is -2.18. The first-order valence-corrected chi connectivity index (χ1v) is 8.09. The highest BCUT2D eigenvalue weighted by Gasteiger charge is 2.25. The van der Waals surface area contributed by atoms with E-state index in [1.54, 1.807) is 0 Å². The fourth-order valence-corrected chi connectivity index (χ4v) is 2.87. The van der Waals surface area contributed by atoms with Gasteiger partial charge in [-0.3, -0.25) is 4.90 Å². The van der Waals surface area contributed by atoms with E-state index in [4.69, 9.17) is 11.6 Å². The Kier molecular flexibility index (Phi) is 5.67. The van der Waals surface area contributed by atoms with E-state index in [0.29, 0.717) is 0 Å². The Bertz CT molecular complexity index is 434. The molecule has 0 aliphatic carbocycles. The average Bonchev–Trinajstić information content (AvgIpc) is 2.88. The molecule has 0 radical (unpaired) electrons. The number of nitrogens with one attached hydrogen (secondary N) is 1. The van der Waals surface area contributed by atoms with Gasteiger partial charge in [-0.05, 0) is 43.4 Å². The van der Waals surface area contributed by atoms with Crippen molar-refractivity contribution in [2.24, 2.45) is 11.8 Å². The van der Waals surface area contributed by atoms with Crippen LogP contribution in [0, 0.1) is 11.8 Å². The molecule has 2 heterocycles. The summed E-state index contributed by atoms with van der Waals surface area (Å²) >= 11 is 6.29. The Morgan fingerprint density at radius 3 is 2.90 bits per heavy atom. The van der Waals surface area contributed by atoms with Crippen LogP contribution in [0.5, 0.6) is 0 Å². The molecule has 1 aromatic rings. The largest absolute Gasteiger partial charge is 0.370 e. The summed E-state index contributed by atoms with van der Waals surface area (Å²) in [6, 6.07) is 3.92. The summed E-state index contributed by atoms with van der Waals surface area (Å²) in [4.78, 5) is 7.13. The van der Waals surface area contributed by atoms with Crippen LogP contribution in [-0.4, -0.2) is 29.5 Å². The van der Waals surface area contributed by atoms with Crippen LogP contribution in [0.2, 0.25) is 5.02 Å². The molecule has 1 fully saturated rings. The minimum Gasteiger partial charge on any atom is -0.370 e. The summed E-state index contributed by atoms with van der Waals surface area (Å²) in [7, 11) is 0. The summed E-state index contributed by atoms with van der Waals surface area (Å²) in [5.41, 5.74) is 0.997. The maximum atomic E-state index is 6.29. The van der Waals surface area contributed by atoms with Crippen molar-refractivity contribution in [1.29, 1.82) is 0 Å². The lowest BCUT2D eigenvalue weighted by atomic mass is 9.95. The molecule has 1 aliphatic rings. The number of anilines is 1. The second-order valence-corrected chi connectivity index (χ2v) is 6.49. The van der Waals surface area contributed by atoms with Gasteiger partial charge in [0.25, 0.3) is 0 Å². The van der Waals surface area contributed by atoms with E-state index in [1.807, 2.05) is 12.1 Å². The summed E-state index contributed by atoms with van der Waals surface area (Å²) in [6.07, 6.45) is 2.39. The van der Waals surface area contributed by atoms with Gasteiger partial charge in [0.2, 0.25) is 0 Å². The first-order chi connectivity index (χ1) is 9.60. The number of hydrogen-bond acceptors (Lipinski definition) is 3. The molecule has 1 aromatic heterocycles. The Labute approximate surface area is 127 Å². The molecule has 0 amide bonds. The molecule has 1 aliphatic heterocycles. The summed E-state index contributed by atoms with van der Waals surface area (Å²) in [5.74, 6) is 2.52. The molecule has 20 heavy (non-hydrogen) atoms. The molecular weight excluding hydrogens is 270 g/mol. The Morgan fingerprint density at radius 2 is 2.25 bits per heavy atom. The van der Waals surface area contributed by atoms with Crippen LogP contribution in [0.3, 0.4) is 0 Å². The standard InChI is InChI=1S/C16H26ClN3/c1-4-8-18-16-6-5-14(17)15(19-16)11-20-9-7-13(10-20)12(2)3/h5-6,12-13H,4,7-11H2,1-3H3,(H,18,19). The van der Waals surface area contributed by atoms with Gasteiger partial charge in [-0.25, -0.2) is 4.98 Å². The van der Waals surface area contributed by atoms with Crippen molar-refractivity contribution in [3.63, 3.8) is 0 Å². The van der Waals surface area contributed by atoms with E-state index in [1.165, 1.54) is 13.0 Å². The highest BCUT2D eigenvalue weighted by molar-refractivity contribution is 6.31. The topological polar surface area (TPSA) is 28.2 Å². The van der Waals surface area contributed by atoms with E-state index in [0.717, 1.165) is 54.4 Å². The van der Waals surface area contributed by atoms with Crippen LogP contribution in [-0.2, 0) is 6.54 Å². The average molecular weight is 296 g/mol. The van der Waals surface area contributed by atoms with Gasteiger partial charge in [0, 0.05) is 19.6 Å². The van der Waals surface area contributed by atoms with Crippen molar-refractivity contribution >= 4 is 17.4 Å². The fourth-order valence-electron chi connectivity index (χ4n) is 2.71. The van der Waals surface area contributed by atoms with E-state index in [-0.39, 0.29) is 0 Å². The van der Waals surface area contributed by atoms with Gasteiger partial charge in [-0.2, -0.15) is 0 Å². The summed E-state index contributed by atoms with van der Waals surface area (Å²) in [6.45, 7) is 10.9. The lowest BCUT2D eigenvalue weighted by Crippen LogP contribution is -2.22. The zero-order valence-electron chi connectivity index (χ0n) is 12.8. The van der Waals surface area contributed by atoms with Crippen LogP contribution in [0.4, 0.5) is 5.82 Å². The van der Waals surface area contributed by atoms with Gasteiger partial charge in [-0.15, -0.1) is 0 Å². The molecule has 1 N–H and O–H groups in total. The molecule has 112 valence electrons. The predicted molar refractivity (Wildman–Crippen MR) is 86.2 cm³/mol. The Morgan fingerprint density at radius 1 is 1.45 bits per heavy atom. The van der Waals surface area contributed by atoms with E-state index in [2.05, 4.69) is 36.0 Å². The first-order valence-electron chi connectivity index (χ1n) is 7.71. The minimum absolute atomic E-state index is 0.765. The van der Waals surface area contributed by atoms with Crippen molar-refractivity contribution in [1.82, 2.24) is 9.88 Å². The molecule has 0 aromatic carbocycles. The van der Waals surface area contributed by atoms with Gasteiger partial charge < -0.3 is 5.32 Å². The van der Waals surface area contributed by atoms with Crippen LogP contribution in [0.15, 0.2) is 12.1 Å². The third kappa shape index (κ3) is 4.10. The number of hydrogen-bond donors (Lipinski definition) is 1. The zero-order valence-corrected chi connectivity index (χ0v) is 13.6. The summed E-state index contributed by atoms with van der Waals surface area (Å²) in [5, 5.41) is 4.10. The highest BCUT2D eigenvalue weighted by atomic mass is 35.5. The molecule has 4 heteroatoms. The molecule has 1 unspecified atom stereocenters. The molecule has 0 spiro atoms. The minimum atomic E-state index is 0.765. The van der Waals surface area contributed by atoms with Crippen LogP contribution >= 0.6 is 11.6 Å². The second-order valence-electron chi connectivity index (χ2n) is 6.08. The highest BCUT2D eigenvalue weighted by Crippen LogP contribution is 2.26. The van der Waals surface area contributed by atoms with Gasteiger partial charge in [0.15, 0.2) is 0 Å². The molecule has 0 bridgehead atoms. The van der Waals surface area contributed by atoms with Crippen LogP contribution < -0.4 is 5.32 Å². The monoisotopic (exact) mass is 295 g/mol. The molecular formula is C16H26ClN3. The normalized spacial score (nSPS) is 19.8. The van der Waals surface area contributed by atoms with Crippen molar-refractivity contribution in [3.8, 4) is 0 Å². The Balaban J connectivity index is 1.98. The predicted octanol–water partition coefficient (Wildman–Crippen LogP) is 4.03. The maximum absolute atomic E-state index is 6.29.